The van der Waals surface area contributed by atoms with Gasteiger partial charge in [-0.25, -0.2) is 0 Å². The molecule has 0 aromatic rings. The van der Waals surface area contributed by atoms with Gasteiger partial charge in [0.15, 0.2) is 0 Å². The maximum Gasteiger partial charge on any atom is 0.247 e. The minimum absolute atomic E-state index is 0.256. The van der Waals surface area contributed by atoms with Crippen molar-refractivity contribution in [1.82, 2.24) is 10.6 Å². The predicted octanol–water partition coefficient (Wildman–Crippen LogP) is -1.58. The van der Waals surface area contributed by atoms with Crippen molar-refractivity contribution in [1.29, 1.82) is 0 Å². The molecule has 0 aliphatic carbocycles. The number of amides is 1. The van der Waals surface area contributed by atoms with E-state index in [-0.39, 0.29) is 6.54 Å². The van der Waals surface area contributed by atoms with Gasteiger partial charge in [-0.15, -0.1) is 0 Å². The van der Waals surface area contributed by atoms with Crippen molar-refractivity contribution in [2.45, 2.75) is 18.9 Å². The normalized spacial score (nSPS) is 24.5. The second-order valence-corrected chi connectivity index (χ2v) is 3.79. The van der Waals surface area contributed by atoms with Gasteiger partial charge in [-0.3, -0.25) is 4.79 Å². The highest BCUT2D eigenvalue weighted by Crippen LogP contribution is 2.07. The lowest BCUT2D eigenvalue weighted by molar-refractivity contribution is -0.125. The van der Waals surface area contributed by atoms with E-state index in [1.807, 2.05) is 0 Å². The van der Waals surface area contributed by atoms with Gasteiger partial charge in [-0.1, -0.05) is 0 Å². The highest BCUT2D eigenvalue weighted by molar-refractivity contribution is 5.78. The summed E-state index contributed by atoms with van der Waals surface area (Å²) < 4.78 is 0. The smallest absolute Gasteiger partial charge is 0.247 e. The lowest BCUT2D eigenvalue weighted by Gasteiger charge is -2.23. The van der Waals surface area contributed by atoms with Gasteiger partial charge in [0, 0.05) is 6.54 Å². The van der Waals surface area contributed by atoms with Crippen LogP contribution in [0.25, 0.3) is 0 Å². The standard InChI is InChI=1S/C9H19N3O2/c10-9(14)8(13)6-12-5-7-2-1-3-11-4-7/h7-8,11-13H,1-6H2,(H2,10,14). The van der Waals surface area contributed by atoms with Gasteiger partial charge in [0.2, 0.25) is 5.91 Å². The highest BCUT2D eigenvalue weighted by atomic mass is 16.3. The molecule has 0 aromatic heterocycles. The number of hydrogen-bond donors (Lipinski definition) is 4. The molecule has 1 heterocycles. The van der Waals surface area contributed by atoms with E-state index in [0.29, 0.717) is 5.92 Å². The number of piperidine rings is 1. The molecule has 0 radical (unpaired) electrons. The topological polar surface area (TPSA) is 87.4 Å². The average Bonchev–Trinajstić information content (AvgIpc) is 2.19. The van der Waals surface area contributed by atoms with Gasteiger partial charge < -0.3 is 21.5 Å². The van der Waals surface area contributed by atoms with E-state index in [2.05, 4.69) is 10.6 Å². The van der Waals surface area contributed by atoms with E-state index in [1.54, 1.807) is 0 Å². The molecule has 1 aliphatic heterocycles. The zero-order chi connectivity index (χ0) is 10.4. The molecule has 82 valence electrons. The minimum Gasteiger partial charge on any atom is -0.382 e. The SMILES string of the molecule is NC(=O)C(O)CNCC1CCCNC1. The Labute approximate surface area is 84.0 Å². The lowest BCUT2D eigenvalue weighted by Crippen LogP contribution is -2.41. The van der Waals surface area contributed by atoms with E-state index in [9.17, 15) is 4.79 Å². The Morgan fingerprint density at radius 2 is 2.50 bits per heavy atom. The monoisotopic (exact) mass is 201 g/mol. The first-order valence-corrected chi connectivity index (χ1v) is 5.09. The maximum absolute atomic E-state index is 10.5. The number of aliphatic hydroxyl groups is 1. The molecule has 5 N–H and O–H groups in total. The first-order valence-electron chi connectivity index (χ1n) is 5.09. The third-order valence-corrected chi connectivity index (χ3v) is 2.50. The fourth-order valence-electron chi connectivity index (χ4n) is 1.62. The van der Waals surface area contributed by atoms with Gasteiger partial charge in [0.05, 0.1) is 0 Å². The summed E-state index contributed by atoms with van der Waals surface area (Å²) >= 11 is 0. The number of rotatable bonds is 5. The molecule has 0 spiro atoms. The summed E-state index contributed by atoms with van der Waals surface area (Å²) in [6.45, 7) is 3.20. The fourth-order valence-corrected chi connectivity index (χ4v) is 1.62. The van der Waals surface area contributed by atoms with Crippen molar-refractivity contribution in [3.05, 3.63) is 0 Å². The van der Waals surface area contributed by atoms with Crippen LogP contribution in [0.4, 0.5) is 0 Å². The Bertz CT molecular complexity index is 181. The van der Waals surface area contributed by atoms with E-state index < -0.39 is 12.0 Å². The number of aliphatic hydroxyl groups excluding tert-OH is 1. The third kappa shape index (κ3) is 4.04. The van der Waals surface area contributed by atoms with Crippen molar-refractivity contribution in [2.75, 3.05) is 26.2 Å². The van der Waals surface area contributed by atoms with Gasteiger partial charge in [0.1, 0.15) is 6.10 Å². The first kappa shape index (κ1) is 11.4. The molecule has 2 atom stereocenters. The van der Waals surface area contributed by atoms with Gasteiger partial charge in [-0.2, -0.15) is 0 Å². The van der Waals surface area contributed by atoms with Crippen LogP contribution < -0.4 is 16.4 Å². The molecular formula is C9H19N3O2. The molecule has 2 unspecified atom stereocenters. The van der Waals surface area contributed by atoms with Crippen LogP contribution in [0.15, 0.2) is 0 Å². The molecule has 14 heavy (non-hydrogen) atoms. The van der Waals surface area contributed by atoms with Crippen LogP contribution in [0.5, 0.6) is 0 Å². The summed E-state index contributed by atoms with van der Waals surface area (Å²) in [7, 11) is 0. The largest absolute Gasteiger partial charge is 0.382 e. The second kappa shape index (κ2) is 5.95. The number of nitrogens with two attached hydrogens (primary N) is 1. The van der Waals surface area contributed by atoms with Crippen LogP contribution in [0, 0.1) is 5.92 Å². The van der Waals surface area contributed by atoms with Crippen LogP contribution >= 0.6 is 0 Å². The Kier molecular flexibility index (Phi) is 4.86. The number of nitrogens with one attached hydrogen (secondary N) is 2. The van der Waals surface area contributed by atoms with Crippen LogP contribution in [-0.4, -0.2) is 43.3 Å². The molecule has 1 saturated heterocycles. The predicted molar refractivity (Wildman–Crippen MR) is 53.7 cm³/mol. The van der Waals surface area contributed by atoms with E-state index in [0.717, 1.165) is 19.6 Å². The minimum atomic E-state index is -1.06. The van der Waals surface area contributed by atoms with Gasteiger partial charge >= 0.3 is 0 Å². The zero-order valence-electron chi connectivity index (χ0n) is 8.33. The molecule has 0 aromatic carbocycles. The van der Waals surface area contributed by atoms with Crippen LogP contribution in [-0.2, 0) is 4.79 Å². The van der Waals surface area contributed by atoms with Crippen molar-refractivity contribution in [3.8, 4) is 0 Å². The number of carbonyl (C=O) groups is 1. The summed E-state index contributed by atoms with van der Waals surface area (Å²) in [5.41, 5.74) is 4.91. The Morgan fingerprint density at radius 3 is 3.07 bits per heavy atom. The molecule has 5 nitrogen and oxygen atoms in total. The highest BCUT2D eigenvalue weighted by Gasteiger charge is 2.14. The van der Waals surface area contributed by atoms with Crippen LogP contribution in [0.2, 0.25) is 0 Å². The van der Waals surface area contributed by atoms with Crippen molar-refractivity contribution in [3.63, 3.8) is 0 Å². The summed E-state index contributed by atoms with van der Waals surface area (Å²) in [6.07, 6.45) is 1.34. The van der Waals surface area contributed by atoms with Crippen molar-refractivity contribution < 1.29 is 9.90 Å². The van der Waals surface area contributed by atoms with Crippen LogP contribution in [0.1, 0.15) is 12.8 Å². The molecule has 1 rings (SSSR count). The number of primary amides is 1. The molecule has 1 fully saturated rings. The summed E-state index contributed by atoms with van der Waals surface area (Å²) in [5.74, 6) is -0.0666. The van der Waals surface area contributed by atoms with E-state index in [4.69, 9.17) is 10.8 Å². The third-order valence-electron chi connectivity index (χ3n) is 2.50. The van der Waals surface area contributed by atoms with Crippen molar-refractivity contribution >= 4 is 5.91 Å². The summed E-state index contributed by atoms with van der Waals surface area (Å²) in [5, 5.41) is 15.5. The number of hydrogen-bond acceptors (Lipinski definition) is 4. The molecule has 0 saturated carbocycles. The second-order valence-electron chi connectivity index (χ2n) is 3.79. The molecule has 1 amide bonds. The summed E-state index contributed by atoms with van der Waals surface area (Å²) in [4.78, 5) is 10.5. The fraction of sp³-hybridized carbons (Fsp3) is 0.889. The average molecular weight is 201 g/mol. The van der Waals surface area contributed by atoms with Gasteiger partial charge in [0.25, 0.3) is 0 Å². The zero-order valence-corrected chi connectivity index (χ0v) is 8.33. The quantitative estimate of drug-likeness (QED) is 0.432. The Morgan fingerprint density at radius 1 is 1.71 bits per heavy atom. The van der Waals surface area contributed by atoms with Crippen molar-refractivity contribution in [2.24, 2.45) is 11.7 Å². The molecule has 0 bridgehead atoms. The number of carbonyl (C=O) groups excluding carboxylic acids is 1. The Balaban J connectivity index is 2.05. The maximum atomic E-state index is 10.5. The summed E-state index contributed by atoms with van der Waals surface area (Å²) in [6, 6.07) is 0. The van der Waals surface area contributed by atoms with E-state index >= 15 is 0 Å². The van der Waals surface area contributed by atoms with Gasteiger partial charge in [-0.05, 0) is 38.4 Å². The molecule has 5 heteroatoms. The van der Waals surface area contributed by atoms with Crippen LogP contribution in [0.3, 0.4) is 0 Å². The first-order chi connectivity index (χ1) is 6.70. The van der Waals surface area contributed by atoms with E-state index in [1.165, 1.54) is 12.8 Å². The molecule has 1 aliphatic rings. The lowest BCUT2D eigenvalue weighted by atomic mass is 10.00. The molecular weight excluding hydrogens is 182 g/mol. The Hall–Kier alpha value is -0.650.